The normalized spacial score (nSPS) is 14.7. The summed E-state index contributed by atoms with van der Waals surface area (Å²) in [5.41, 5.74) is 2.21. The van der Waals surface area contributed by atoms with E-state index in [9.17, 15) is 14.7 Å². The fourth-order valence-electron chi connectivity index (χ4n) is 3.79. The molecule has 0 spiro atoms. The Labute approximate surface area is 181 Å². The number of aromatic hydroxyl groups is 1. The Balaban J connectivity index is 1.48. The van der Waals surface area contributed by atoms with Gasteiger partial charge in [0.05, 0.1) is 0 Å². The Morgan fingerprint density at radius 1 is 0.806 bits per heavy atom. The SMILES string of the molecule is O=C(NC(C(=O)N1CCN(c2cccc(O)c2)CC1)c1ccccc1)c1ccccc1. The van der Waals surface area contributed by atoms with E-state index >= 15 is 0 Å². The number of nitrogens with one attached hydrogen (secondary N) is 1. The number of carbonyl (C=O) groups is 2. The van der Waals surface area contributed by atoms with Crippen LogP contribution in [0.15, 0.2) is 84.9 Å². The minimum atomic E-state index is -0.749. The molecule has 158 valence electrons. The molecule has 1 atom stereocenters. The first kappa shape index (κ1) is 20.5. The zero-order valence-corrected chi connectivity index (χ0v) is 17.1. The summed E-state index contributed by atoms with van der Waals surface area (Å²) >= 11 is 0. The van der Waals surface area contributed by atoms with Gasteiger partial charge in [0, 0.05) is 43.5 Å². The lowest BCUT2D eigenvalue weighted by atomic mass is 10.0. The molecule has 1 saturated heterocycles. The second-order valence-electron chi connectivity index (χ2n) is 7.52. The molecular formula is C25H25N3O3. The van der Waals surface area contributed by atoms with Gasteiger partial charge in [-0.25, -0.2) is 0 Å². The number of phenolic OH excluding ortho intramolecular Hbond substituents is 1. The van der Waals surface area contributed by atoms with Crippen molar-refractivity contribution in [1.82, 2.24) is 10.2 Å². The van der Waals surface area contributed by atoms with Gasteiger partial charge in [-0.1, -0.05) is 54.6 Å². The van der Waals surface area contributed by atoms with E-state index in [0.29, 0.717) is 31.7 Å². The van der Waals surface area contributed by atoms with Crippen LogP contribution in [0.3, 0.4) is 0 Å². The average molecular weight is 415 g/mol. The third kappa shape index (κ3) is 4.86. The van der Waals surface area contributed by atoms with E-state index in [-0.39, 0.29) is 17.6 Å². The molecule has 3 aromatic rings. The molecule has 0 aromatic heterocycles. The van der Waals surface area contributed by atoms with Crippen molar-refractivity contribution in [3.8, 4) is 5.75 Å². The minimum absolute atomic E-state index is 0.119. The molecule has 1 heterocycles. The molecule has 1 aliphatic rings. The van der Waals surface area contributed by atoms with Crippen molar-refractivity contribution in [2.45, 2.75) is 6.04 Å². The van der Waals surface area contributed by atoms with Crippen molar-refractivity contribution < 1.29 is 14.7 Å². The standard InChI is InChI=1S/C25H25N3O3/c29-22-13-7-12-21(18-22)27-14-16-28(17-15-27)25(31)23(19-8-3-1-4-9-19)26-24(30)20-10-5-2-6-11-20/h1-13,18,23,29H,14-17H2,(H,26,30). The lowest BCUT2D eigenvalue weighted by Crippen LogP contribution is -2.52. The Kier molecular flexibility index (Phi) is 6.17. The highest BCUT2D eigenvalue weighted by Gasteiger charge is 2.30. The van der Waals surface area contributed by atoms with E-state index in [2.05, 4.69) is 10.2 Å². The van der Waals surface area contributed by atoms with Crippen LogP contribution in [-0.2, 0) is 4.79 Å². The fourth-order valence-corrected chi connectivity index (χ4v) is 3.79. The van der Waals surface area contributed by atoms with Gasteiger partial charge in [0.25, 0.3) is 5.91 Å². The van der Waals surface area contributed by atoms with Crippen LogP contribution in [0.1, 0.15) is 22.0 Å². The average Bonchev–Trinajstić information content (AvgIpc) is 2.83. The van der Waals surface area contributed by atoms with Gasteiger partial charge in [0.15, 0.2) is 0 Å². The molecule has 0 radical (unpaired) electrons. The van der Waals surface area contributed by atoms with Gasteiger partial charge in [-0.15, -0.1) is 0 Å². The Hall–Kier alpha value is -3.80. The summed E-state index contributed by atoms with van der Waals surface area (Å²) in [6.45, 7) is 2.39. The van der Waals surface area contributed by atoms with Gasteiger partial charge < -0.3 is 20.2 Å². The van der Waals surface area contributed by atoms with E-state index in [0.717, 1.165) is 11.3 Å². The summed E-state index contributed by atoms with van der Waals surface area (Å²) in [6, 6.07) is 24.6. The minimum Gasteiger partial charge on any atom is -0.508 e. The molecule has 1 aliphatic heterocycles. The molecule has 4 rings (SSSR count). The van der Waals surface area contributed by atoms with Crippen molar-refractivity contribution in [2.75, 3.05) is 31.1 Å². The predicted molar refractivity (Wildman–Crippen MR) is 120 cm³/mol. The first-order chi connectivity index (χ1) is 15.1. The zero-order chi connectivity index (χ0) is 21.6. The van der Waals surface area contributed by atoms with Crippen molar-refractivity contribution >= 4 is 17.5 Å². The zero-order valence-electron chi connectivity index (χ0n) is 17.1. The Morgan fingerprint density at radius 2 is 1.45 bits per heavy atom. The van der Waals surface area contributed by atoms with Gasteiger partial charge in [0.1, 0.15) is 11.8 Å². The summed E-state index contributed by atoms with van der Waals surface area (Å²) in [4.78, 5) is 30.1. The van der Waals surface area contributed by atoms with E-state index < -0.39 is 6.04 Å². The molecule has 1 fully saturated rings. The van der Waals surface area contributed by atoms with Gasteiger partial charge in [-0.05, 0) is 29.8 Å². The van der Waals surface area contributed by atoms with Gasteiger partial charge >= 0.3 is 0 Å². The molecule has 6 heteroatoms. The first-order valence-corrected chi connectivity index (χ1v) is 10.4. The van der Waals surface area contributed by atoms with Crippen molar-refractivity contribution in [2.24, 2.45) is 0 Å². The summed E-state index contributed by atoms with van der Waals surface area (Å²) in [7, 11) is 0. The van der Waals surface area contributed by atoms with Crippen molar-refractivity contribution in [1.29, 1.82) is 0 Å². The van der Waals surface area contributed by atoms with Gasteiger partial charge in [-0.3, -0.25) is 9.59 Å². The molecule has 2 amide bonds. The number of benzene rings is 3. The summed E-state index contributed by atoms with van der Waals surface area (Å²) in [5.74, 6) is -0.170. The van der Waals surface area contributed by atoms with Gasteiger partial charge in [0.2, 0.25) is 5.91 Å². The van der Waals surface area contributed by atoms with E-state index in [4.69, 9.17) is 0 Å². The van der Waals surface area contributed by atoms with E-state index in [1.54, 1.807) is 41.3 Å². The van der Waals surface area contributed by atoms with E-state index in [1.807, 2.05) is 48.5 Å². The van der Waals surface area contributed by atoms with Crippen LogP contribution in [0.4, 0.5) is 5.69 Å². The van der Waals surface area contributed by atoms with Crippen LogP contribution in [0.25, 0.3) is 0 Å². The molecular weight excluding hydrogens is 390 g/mol. The molecule has 0 bridgehead atoms. The highest BCUT2D eigenvalue weighted by atomic mass is 16.3. The maximum atomic E-state index is 13.4. The number of amides is 2. The maximum Gasteiger partial charge on any atom is 0.252 e. The quantitative estimate of drug-likeness (QED) is 0.671. The number of hydrogen-bond acceptors (Lipinski definition) is 4. The molecule has 31 heavy (non-hydrogen) atoms. The smallest absolute Gasteiger partial charge is 0.252 e. The highest BCUT2D eigenvalue weighted by molar-refractivity contribution is 5.97. The maximum absolute atomic E-state index is 13.4. The molecule has 3 aromatic carbocycles. The molecule has 1 unspecified atom stereocenters. The largest absolute Gasteiger partial charge is 0.508 e. The topological polar surface area (TPSA) is 72.9 Å². The fraction of sp³-hybridized carbons (Fsp3) is 0.200. The summed E-state index contributed by atoms with van der Waals surface area (Å²) in [6.07, 6.45) is 0. The predicted octanol–water partition coefficient (Wildman–Crippen LogP) is 3.21. The highest BCUT2D eigenvalue weighted by Crippen LogP contribution is 2.23. The summed E-state index contributed by atoms with van der Waals surface area (Å²) < 4.78 is 0. The Morgan fingerprint density at radius 3 is 2.10 bits per heavy atom. The number of carbonyl (C=O) groups excluding carboxylic acids is 2. The van der Waals surface area contributed by atoms with Crippen LogP contribution >= 0.6 is 0 Å². The number of nitrogens with zero attached hydrogens (tertiary/aromatic N) is 2. The third-order valence-corrected chi connectivity index (χ3v) is 5.48. The van der Waals surface area contributed by atoms with Gasteiger partial charge in [-0.2, -0.15) is 0 Å². The van der Waals surface area contributed by atoms with Crippen molar-refractivity contribution in [3.05, 3.63) is 96.1 Å². The second kappa shape index (κ2) is 9.34. The number of piperazine rings is 1. The van der Waals surface area contributed by atoms with Crippen molar-refractivity contribution in [3.63, 3.8) is 0 Å². The van der Waals surface area contributed by atoms with Crippen LogP contribution in [-0.4, -0.2) is 48.0 Å². The van der Waals surface area contributed by atoms with Crippen LogP contribution in [0.2, 0.25) is 0 Å². The lowest BCUT2D eigenvalue weighted by molar-refractivity contribution is -0.133. The number of rotatable bonds is 5. The van der Waals surface area contributed by atoms with Crippen LogP contribution < -0.4 is 10.2 Å². The van der Waals surface area contributed by atoms with Crippen LogP contribution in [0.5, 0.6) is 5.75 Å². The van der Waals surface area contributed by atoms with E-state index in [1.165, 1.54) is 0 Å². The molecule has 6 nitrogen and oxygen atoms in total. The second-order valence-corrected chi connectivity index (χ2v) is 7.52. The molecule has 0 aliphatic carbocycles. The third-order valence-electron chi connectivity index (χ3n) is 5.48. The molecule has 2 N–H and O–H groups in total. The lowest BCUT2D eigenvalue weighted by Gasteiger charge is -2.37. The summed E-state index contributed by atoms with van der Waals surface area (Å²) in [5, 5.41) is 12.6. The number of phenols is 1. The Bertz CT molecular complexity index is 1030. The van der Waals surface area contributed by atoms with Crippen LogP contribution in [0, 0.1) is 0 Å². The first-order valence-electron chi connectivity index (χ1n) is 10.4. The number of hydrogen-bond donors (Lipinski definition) is 2. The molecule has 0 saturated carbocycles. The number of anilines is 1. The monoisotopic (exact) mass is 415 g/mol.